The zero-order valence-electron chi connectivity index (χ0n) is 47.1. The van der Waals surface area contributed by atoms with Crippen LogP contribution in [0.3, 0.4) is 0 Å². The van der Waals surface area contributed by atoms with Crippen LogP contribution in [0.1, 0.15) is 69.7 Å². The number of likely N-dealkylation sites (tertiary alicyclic amines) is 1. The van der Waals surface area contributed by atoms with Gasteiger partial charge in [-0.15, -0.1) is 0 Å². The van der Waals surface area contributed by atoms with Crippen LogP contribution in [0.5, 0.6) is 0 Å². The smallest absolute Gasteiger partial charge is 0.410 e. The molecule has 87 heavy (non-hydrogen) atoms. The zero-order chi connectivity index (χ0) is 60.8. The van der Waals surface area contributed by atoms with Crippen molar-refractivity contribution >= 4 is 92.2 Å². The van der Waals surface area contributed by atoms with Gasteiger partial charge in [-0.25, -0.2) is 23.6 Å². The standard InChI is InChI=1S/C34H31FN6O4S.C31H27FN4O4S/c1-22-18-37-28(19-36-22)20-41-32(43)30(46-33(41)39-27-10-5-9-25(35)17-27)24-12-14-26(15-13-24)38-31(42)29-11-6-16-40(29)34(44)45-21-23-7-3-2-4-8-23;1-20(33-27(37)17-21-7-3-2-4-8-21)29(38)34-24-14-12-22(13-15-24)28-30(39)36(19-26-11-6-16-40-26)31(41-28)35-25-10-5-9-23(32)18-25/h2-5,7-10,12-15,17-19,29-30H,6,11,16,20-21H2,1H3,(H,38,42);2-16,18,20,28H,17,19H2,1H3,(H,33,37)(H,34,38)/t29-,30?;20-,28?/m00/s1. The summed E-state index contributed by atoms with van der Waals surface area (Å²) < 4.78 is 38.6. The zero-order valence-corrected chi connectivity index (χ0v) is 48.8. The van der Waals surface area contributed by atoms with Crippen molar-refractivity contribution in [1.29, 1.82) is 0 Å². The Labute approximate surface area is 508 Å². The highest BCUT2D eigenvalue weighted by atomic mass is 32.2. The van der Waals surface area contributed by atoms with E-state index in [-0.39, 0.29) is 55.7 Å². The minimum absolute atomic E-state index is 0.133. The van der Waals surface area contributed by atoms with Gasteiger partial charge in [0.25, 0.3) is 0 Å². The van der Waals surface area contributed by atoms with Crippen LogP contribution >= 0.6 is 23.5 Å². The molecule has 0 saturated carbocycles. The van der Waals surface area contributed by atoms with E-state index in [1.54, 1.807) is 104 Å². The average Bonchev–Trinajstić information content (AvgIpc) is 3.32. The fraction of sp³-hybridized carbons (Fsp3) is 0.200. The van der Waals surface area contributed by atoms with Crippen LogP contribution in [-0.4, -0.2) is 89.3 Å². The molecule has 18 nitrogen and oxygen atoms in total. The number of hydrogen-bond donors (Lipinski definition) is 3. The number of carbonyl (C=O) groups is 6. The Morgan fingerprint density at radius 1 is 0.678 bits per heavy atom. The number of nitrogens with zero attached hydrogens (tertiary/aromatic N) is 7. The number of furan rings is 1. The number of aryl methyl sites for hydroxylation is 1. The SMILES string of the molecule is C[C@H](NC(=O)Cc1ccccc1)C(=O)Nc1ccc(C2SC(=Nc3cccc(F)c3)N(Cc3ccco3)C2=O)cc1.Cc1cnc(CN2C(=O)C(c3ccc(NC(=O)[C@@H]4CCCN4C(=O)OCc4ccccc4)cc3)SC2=Nc2cccc(F)c2)cn1. The van der Waals surface area contributed by atoms with Crippen molar-refractivity contribution < 1.29 is 46.7 Å². The number of carbonyl (C=O) groups excluding carboxylic acids is 6. The first kappa shape index (κ1) is 60.3. The maximum Gasteiger partial charge on any atom is 0.410 e. The summed E-state index contributed by atoms with van der Waals surface area (Å²) in [6.45, 7) is 4.37. The number of hydrogen-bond acceptors (Lipinski definition) is 14. The third-order valence-electron chi connectivity index (χ3n) is 13.9. The molecule has 22 heteroatoms. The Morgan fingerprint density at radius 3 is 1.80 bits per heavy atom. The molecule has 3 aliphatic rings. The predicted octanol–water partition coefficient (Wildman–Crippen LogP) is 11.8. The van der Waals surface area contributed by atoms with Gasteiger partial charge in [0.15, 0.2) is 10.3 Å². The van der Waals surface area contributed by atoms with Crippen LogP contribution in [0.25, 0.3) is 0 Å². The van der Waals surface area contributed by atoms with Gasteiger partial charge in [-0.2, -0.15) is 0 Å². The van der Waals surface area contributed by atoms with Crippen LogP contribution < -0.4 is 16.0 Å². The average molecular weight is 1210 g/mol. The monoisotopic (exact) mass is 1210 g/mol. The largest absolute Gasteiger partial charge is 0.467 e. The molecule has 3 aliphatic heterocycles. The maximum atomic E-state index is 13.9. The number of rotatable bonds is 17. The molecule has 0 spiro atoms. The topological polar surface area (TPSA) is 221 Å². The number of aromatic nitrogens is 2. The van der Waals surface area contributed by atoms with E-state index in [2.05, 4.69) is 35.9 Å². The highest BCUT2D eigenvalue weighted by Gasteiger charge is 2.41. The van der Waals surface area contributed by atoms with Gasteiger partial charge in [0, 0.05) is 24.1 Å². The Kier molecular flexibility index (Phi) is 19.7. The molecule has 5 heterocycles. The first-order valence-electron chi connectivity index (χ1n) is 27.8. The molecule has 6 amide bonds. The van der Waals surface area contributed by atoms with Gasteiger partial charge in [-0.05, 0) is 122 Å². The van der Waals surface area contributed by atoms with E-state index in [0.717, 1.165) is 22.4 Å². The highest BCUT2D eigenvalue weighted by molar-refractivity contribution is 8.15. The van der Waals surface area contributed by atoms with Crippen molar-refractivity contribution in [3.63, 3.8) is 0 Å². The maximum absolute atomic E-state index is 13.9. The molecule has 2 unspecified atom stereocenters. The highest BCUT2D eigenvalue weighted by Crippen LogP contribution is 2.43. The van der Waals surface area contributed by atoms with Gasteiger partial charge < -0.3 is 25.1 Å². The van der Waals surface area contributed by atoms with Crippen LogP contribution in [0.4, 0.5) is 36.3 Å². The molecule has 3 N–H and O–H groups in total. The molecule has 2 aromatic heterocycles. The molecule has 6 aromatic carbocycles. The third kappa shape index (κ3) is 15.9. The molecule has 3 fully saturated rings. The third-order valence-corrected chi connectivity index (χ3v) is 16.4. The van der Waals surface area contributed by atoms with Gasteiger partial charge in [0.2, 0.25) is 29.5 Å². The quantitative estimate of drug-likeness (QED) is 0.0775. The number of halogens is 2. The van der Waals surface area contributed by atoms with Gasteiger partial charge in [0.05, 0.1) is 54.7 Å². The fourth-order valence-corrected chi connectivity index (χ4v) is 11.8. The van der Waals surface area contributed by atoms with Crippen LogP contribution in [0.2, 0.25) is 0 Å². The molecular formula is C65H58F2N10O8S2. The Hall–Kier alpha value is -9.80. The van der Waals surface area contributed by atoms with Gasteiger partial charge in [0.1, 0.15) is 46.6 Å². The van der Waals surface area contributed by atoms with Crippen molar-refractivity contribution in [1.82, 2.24) is 30.0 Å². The van der Waals surface area contributed by atoms with Gasteiger partial charge in [-0.3, -0.25) is 48.6 Å². The van der Waals surface area contributed by atoms with Crippen LogP contribution in [0, 0.1) is 18.6 Å². The second kappa shape index (κ2) is 28.4. The molecule has 442 valence electrons. The molecule has 0 aliphatic carbocycles. The Morgan fingerprint density at radius 2 is 1.25 bits per heavy atom. The Balaban J connectivity index is 0.000000194. The molecular weight excluding hydrogens is 1150 g/mol. The van der Waals surface area contributed by atoms with Crippen molar-refractivity contribution in [2.75, 3.05) is 17.2 Å². The van der Waals surface area contributed by atoms with E-state index >= 15 is 0 Å². The van der Waals surface area contributed by atoms with E-state index in [1.807, 2.05) is 67.6 Å². The van der Waals surface area contributed by atoms with E-state index in [4.69, 9.17) is 9.15 Å². The first-order valence-corrected chi connectivity index (χ1v) is 29.5. The summed E-state index contributed by atoms with van der Waals surface area (Å²) >= 11 is 2.52. The molecule has 0 radical (unpaired) electrons. The number of benzene rings is 6. The molecule has 4 atom stereocenters. The summed E-state index contributed by atoms with van der Waals surface area (Å²) in [5, 5.41) is 8.06. The van der Waals surface area contributed by atoms with Crippen molar-refractivity contribution in [2.45, 2.75) is 75.4 Å². The second-order valence-electron chi connectivity index (χ2n) is 20.4. The number of thioether (sulfide) groups is 2. The van der Waals surface area contributed by atoms with Crippen LogP contribution in [-0.2, 0) is 54.8 Å². The van der Waals surface area contributed by atoms with E-state index < -0.39 is 40.3 Å². The van der Waals surface area contributed by atoms with E-state index in [9.17, 15) is 37.5 Å². The summed E-state index contributed by atoms with van der Waals surface area (Å²) in [7, 11) is 0. The summed E-state index contributed by atoms with van der Waals surface area (Å²) in [6, 6.07) is 46.5. The second-order valence-corrected chi connectivity index (χ2v) is 22.5. The number of amides is 6. The minimum atomic E-state index is -0.741. The number of nitrogens with one attached hydrogen (secondary N) is 3. The lowest BCUT2D eigenvalue weighted by molar-refractivity contribution is -0.127. The van der Waals surface area contributed by atoms with E-state index in [0.29, 0.717) is 69.5 Å². The predicted molar refractivity (Wildman–Crippen MR) is 328 cm³/mol. The molecule has 8 aromatic rings. The molecule has 0 bridgehead atoms. The summed E-state index contributed by atoms with van der Waals surface area (Å²) in [5.74, 6) is -1.55. The van der Waals surface area contributed by atoms with E-state index in [1.165, 1.54) is 68.8 Å². The first-order chi connectivity index (χ1) is 42.2. The van der Waals surface area contributed by atoms with Gasteiger partial charge >= 0.3 is 6.09 Å². The lowest BCUT2D eigenvalue weighted by Crippen LogP contribution is -2.43. The van der Waals surface area contributed by atoms with Crippen molar-refractivity contribution in [3.8, 4) is 0 Å². The lowest BCUT2D eigenvalue weighted by Gasteiger charge is -2.23. The summed E-state index contributed by atoms with van der Waals surface area (Å²) in [6.07, 6.45) is 5.68. The Bertz CT molecular complexity index is 3810. The molecule has 3 saturated heterocycles. The summed E-state index contributed by atoms with van der Waals surface area (Å²) in [5.41, 5.74) is 6.36. The lowest BCUT2D eigenvalue weighted by atomic mass is 10.1. The normalized spacial score (nSPS) is 17.7. The molecule has 11 rings (SSSR count). The van der Waals surface area contributed by atoms with Crippen molar-refractivity contribution in [2.24, 2.45) is 9.98 Å². The number of amidine groups is 2. The minimum Gasteiger partial charge on any atom is -0.467 e. The van der Waals surface area contributed by atoms with Crippen LogP contribution in [0.15, 0.2) is 203 Å². The number of ether oxygens (including phenoxy) is 1. The fourth-order valence-electron chi connectivity index (χ4n) is 9.49. The van der Waals surface area contributed by atoms with Crippen molar-refractivity contribution in [3.05, 3.63) is 240 Å². The van der Waals surface area contributed by atoms with Gasteiger partial charge in [-0.1, -0.05) is 121 Å². The summed E-state index contributed by atoms with van der Waals surface area (Å²) in [4.78, 5) is 100. The number of anilines is 2. The number of aliphatic imine (C=N–C) groups is 2.